The Labute approximate surface area is 95.1 Å². The zero-order valence-corrected chi connectivity index (χ0v) is 9.40. The molecular formula is C7H11F3O6S. The number of rotatable bonds is 2. The van der Waals surface area contributed by atoms with Crippen LogP contribution in [0.2, 0.25) is 0 Å². The first-order chi connectivity index (χ1) is 7.54. The van der Waals surface area contributed by atoms with Crippen LogP contribution in [0, 0.1) is 0 Å². The Morgan fingerprint density at radius 2 is 1.88 bits per heavy atom. The summed E-state index contributed by atoms with van der Waals surface area (Å²) in [4.78, 5) is 0. The van der Waals surface area contributed by atoms with Crippen LogP contribution in [0.3, 0.4) is 0 Å². The molecule has 10 heteroatoms. The number of alkyl halides is 3. The summed E-state index contributed by atoms with van der Waals surface area (Å²) in [6, 6.07) is 0. The molecule has 1 rings (SSSR count). The Morgan fingerprint density at radius 3 is 2.35 bits per heavy atom. The van der Waals surface area contributed by atoms with Gasteiger partial charge in [-0.3, -0.25) is 4.18 Å². The summed E-state index contributed by atoms with van der Waals surface area (Å²) in [5, 5.41) is 18.5. The molecule has 0 aromatic rings. The van der Waals surface area contributed by atoms with Gasteiger partial charge in [0.1, 0.15) is 12.2 Å². The predicted octanol–water partition coefficient (Wildman–Crippen LogP) is -0.291. The maximum atomic E-state index is 12.0. The highest BCUT2D eigenvalue weighted by atomic mass is 32.2. The Kier molecular flexibility index (Phi) is 4.04. The number of aliphatic hydroxyl groups excluding tert-OH is 2. The van der Waals surface area contributed by atoms with Gasteiger partial charge in [-0.2, -0.15) is 21.6 Å². The van der Waals surface area contributed by atoms with Crippen LogP contribution in [0.25, 0.3) is 0 Å². The van der Waals surface area contributed by atoms with E-state index in [4.69, 9.17) is 5.11 Å². The second kappa shape index (κ2) is 4.69. The third-order valence-electron chi connectivity index (χ3n) is 2.20. The largest absolute Gasteiger partial charge is 0.523 e. The molecule has 4 atom stereocenters. The second-order valence-electron chi connectivity index (χ2n) is 3.56. The zero-order chi connectivity index (χ0) is 13.4. The third-order valence-corrected chi connectivity index (χ3v) is 3.27. The van der Waals surface area contributed by atoms with Gasteiger partial charge in [0.05, 0.1) is 6.10 Å². The van der Waals surface area contributed by atoms with E-state index in [1.54, 1.807) is 0 Å². The summed E-state index contributed by atoms with van der Waals surface area (Å²) in [7, 11) is -5.80. The molecule has 1 saturated heterocycles. The monoisotopic (exact) mass is 280 g/mol. The van der Waals surface area contributed by atoms with Crippen molar-refractivity contribution in [3.63, 3.8) is 0 Å². The summed E-state index contributed by atoms with van der Waals surface area (Å²) < 4.78 is 66.0. The van der Waals surface area contributed by atoms with Crippen LogP contribution in [0.15, 0.2) is 0 Å². The summed E-state index contributed by atoms with van der Waals surface area (Å²) in [5.74, 6) is 0. The molecule has 0 bridgehead atoms. The molecule has 0 amide bonds. The molecule has 1 fully saturated rings. The summed E-state index contributed by atoms with van der Waals surface area (Å²) in [6.07, 6.45) is -6.36. The molecule has 1 aliphatic rings. The van der Waals surface area contributed by atoms with Crippen LogP contribution in [0.5, 0.6) is 0 Å². The molecular weight excluding hydrogens is 269 g/mol. The van der Waals surface area contributed by atoms with Crippen LogP contribution in [-0.2, 0) is 19.0 Å². The van der Waals surface area contributed by atoms with Crippen LogP contribution >= 0.6 is 0 Å². The van der Waals surface area contributed by atoms with E-state index >= 15 is 0 Å². The molecule has 6 nitrogen and oxygen atoms in total. The maximum Gasteiger partial charge on any atom is 0.523 e. The van der Waals surface area contributed by atoms with Crippen molar-refractivity contribution >= 4 is 10.1 Å². The van der Waals surface area contributed by atoms with E-state index < -0.39 is 46.6 Å². The Hall–Kier alpha value is -0.420. The van der Waals surface area contributed by atoms with Gasteiger partial charge in [0.2, 0.25) is 0 Å². The quantitative estimate of drug-likeness (QED) is 0.533. The fraction of sp³-hybridized carbons (Fsp3) is 1.00. The van der Waals surface area contributed by atoms with Gasteiger partial charge in [-0.15, -0.1) is 0 Å². The van der Waals surface area contributed by atoms with Crippen molar-refractivity contribution in [3.8, 4) is 0 Å². The van der Waals surface area contributed by atoms with Crippen molar-refractivity contribution in [2.24, 2.45) is 0 Å². The van der Waals surface area contributed by atoms with Gasteiger partial charge < -0.3 is 14.9 Å². The standard InChI is InChI=1S/C7H11F3O6S/c1-3-6(12)4(2-5(11)15-3)16-17(13,14)7(8,9)10/h3-6,11-12H,2H2,1H3/t3-,4-,5-,6-/m1/s1. The minimum atomic E-state index is -5.80. The van der Waals surface area contributed by atoms with Gasteiger partial charge in [-0.05, 0) is 6.92 Å². The van der Waals surface area contributed by atoms with Gasteiger partial charge >= 0.3 is 15.6 Å². The highest BCUT2D eigenvalue weighted by molar-refractivity contribution is 7.87. The van der Waals surface area contributed by atoms with E-state index in [-0.39, 0.29) is 0 Å². The van der Waals surface area contributed by atoms with Gasteiger partial charge in [-0.1, -0.05) is 0 Å². The lowest BCUT2D eigenvalue weighted by Crippen LogP contribution is -2.49. The maximum absolute atomic E-state index is 12.0. The van der Waals surface area contributed by atoms with Crippen molar-refractivity contribution in [1.82, 2.24) is 0 Å². The Bertz CT molecular complexity index is 366. The summed E-state index contributed by atoms with van der Waals surface area (Å²) in [5.41, 5.74) is -5.57. The van der Waals surface area contributed by atoms with Crippen LogP contribution in [0.4, 0.5) is 13.2 Å². The van der Waals surface area contributed by atoms with Gasteiger partial charge in [0.25, 0.3) is 0 Å². The first-order valence-corrected chi connectivity index (χ1v) is 5.96. The predicted molar refractivity (Wildman–Crippen MR) is 47.0 cm³/mol. The topological polar surface area (TPSA) is 93.1 Å². The molecule has 0 saturated carbocycles. The fourth-order valence-corrected chi connectivity index (χ4v) is 1.96. The lowest BCUT2D eigenvalue weighted by molar-refractivity contribution is -0.223. The average molecular weight is 280 g/mol. The highest BCUT2D eigenvalue weighted by Gasteiger charge is 2.50. The van der Waals surface area contributed by atoms with Crippen LogP contribution in [-0.4, -0.2) is 48.7 Å². The van der Waals surface area contributed by atoms with Crippen molar-refractivity contribution in [1.29, 1.82) is 0 Å². The second-order valence-corrected chi connectivity index (χ2v) is 5.12. The molecule has 1 heterocycles. The van der Waals surface area contributed by atoms with Crippen molar-refractivity contribution in [2.75, 3.05) is 0 Å². The molecule has 1 aliphatic heterocycles. The molecule has 0 aromatic carbocycles. The minimum absolute atomic E-state index is 0.569. The molecule has 2 N–H and O–H groups in total. The molecule has 0 unspecified atom stereocenters. The van der Waals surface area contributed by atoms with Crippen molar-refractivity contribution in [3.05, 3.63) is 0 Å². The lowest BCUT2D eigenvalue weighted by Gasteiger charge is -2.34. The van der Waals surface area contributed by atoms with E-state index in [0.717, 1.165) is 0 Å². The molecule has 102 valence electrons. The third kappa shape index (κ3) is 3.28. The van der Waals surface area contributed by atoms with E-state index in [1.807, 2.05) is 0 Å². The zero-order valence-electron chi connectivity index (χ0n) is 8.59. The van der Waals surface area contributed by atoms with Gasteiger partial charge in [-0.25, -0.2) is 0 Å². The Balaban J connectivity index is 2.81. The molecule has 0 aromatic heterocycles. The number of aliphatic hydroxyl groups is 2. The van der Waals surface area contributed by atoms with Gasteiger partial charge in [0, 0.05) is 6.42 Å². The van der Waals surface area contributed by atoms with E-state index in [9.17, 15) is 26.7 Å². The SMILES string of the molecule is C[C@H]1O[C@@H](O)C[C@@H](OS(=O)(=O)C(F)(F)F)[C@@H]1O. The average Bonchev–Trinajstić information content (AvgIpc) is 2.11. The van der Waals surface area contributed by atoms with Crippen LogP contribution in [0.1, 0.15) is 13.3 Å². The van der Waals surface area contributed by atoms with Crippen LogP contribution < -0.4 is 0 Å². The molecule has 0 radical (unpaired) electrons. The fourth-order valence-electron chi connectivity index (χ4n) is 1.34. The summed E-state index contributed by atoms with van der Waals surface area (Å²) >= 11 is 0. The highest BCUT2D eigenvalue weighted by Crippen LogP contribution is 2.30. The van der Waals surface area contributed by atoms with E-state index in [0.29, 0.717) is 0 Å². The van der Waals surface area contributed by atoms with E-state index in [2.05, 4.69) is 8.92 Å². The summed E-state index contributed by atoms with van der Waals surface area (Å²) in [6.45, 7) is 1.27. The number of halogens is 3. The van der Waals surface area contributed by atoms with E-state index in [1.165, 1.54) is 6.92 Å². The normalized spacial score (nSPS) is 35.9. The molecule has 17 heavy (non-hydrogen) atoms. The minimum Gasteiger partial charge on any atom is -0.388 e. The number of hydrogen-bond donors (Lipinski definition) is 2. The Morgan fingerprint density at radius 1 is 1.35 bits per heavy atom. The first-order valence-electron chi connectivity index (χ1n) is 4.56. The van der Waals surface area contributed by atoms with Crippen molar-refractivity contribution < 1.29 is 40.7 Å². The van der Waals surface area contributed by atoms with Gasteiger partial charge in [0.15, 0.2) is 6.29 Å². The first kappa shape index (κ1) is 14.6. The van der Waals surface area contributed by atoms with Crippen molar-refractivity contribution in [2.45, 2.75) is 43.5 Å². The molecule has 0 spiro atoms. The lowest BCUT2D eigenvalue weighted by atomic mass is 10.0. The number of ether oxygens (including phenoxy) is 1. The molecule has 0 aliphatic carbocycles. The number of hydrogen-bond acceptors (Lipinski definition) is 6. The smallest absolute Gasteiger partial charge is 0.388 e.